The summed E-state index contributed by atoms with van der Waals surface area (Å²) < 4.78 is 71.8. The van der Waals surface area contributed by atoms with Crippen LogP contribution in [0.3, 0.4) is 0 Å². The largest absolute Gasteiger partial charge is 0.484 e. The van der Waals surface area contributed by atoms with E-state index < -0.39 is 33.6 Å². The predicted octanol–water partition coefficient (Wildman–Crippen LogP) is 3.58. The lowest BCUT2D eigenvalue weighted by Gasteiger charge is -2.35. The Balaban J connectivity index is 1.43. The molecule has 2 aromatic rings. The van der Waals surface area contributed by atoms with Gasteiger partial charge in [-0.1, -0.05) is 18.9 Å². The van der Waals surface area contributed by atoms with Crippen molar-refractivity contribution in [3.05, 3.63) is 46.3 Å². The van der Waals surface area contributed by atoms with Crippen LogP contribution in [0.15, 0.2) is 18.2 Å². The van der Waals surface area contributed by atoms with Gasteiger partial charge in [0.2, 0.25) is 10.0 Å². The number of hydrogen-bond acceptors (Lipinski definition) is 5. The van der Waals surface area contributed by atoms with Gasteiger partial charge < -0.3 is 10.1 Å². The third kappa shape index (κ3) is 5.36. The van der Waals surface area contributed by atoms with Crippen molar-refractivity contribution in [3.8, 4) is 5.75 Å². The number of amides is 1. The number of halogens is 3. The minimum atomic E-state index is -4.42. The zero-order chi connectivity index (χ0) is 26.6. The van der Waals surface area contributed by atoms with Gasteiger partial charge in [0.05, 0.1) is 34.3 Å². The van der Waals surface area contributed by atoms with Gasteiger partial charge in [-0.15, -0.1) is 0 Å². The summed E-state index contributed by atoms with van der Waals surface area (Å²) in [5.74, 6) is 0.458. The second-order valence-corrected chi connectivity index (χ2v) is 12.9. The van der Waals surface area contributed by atoms with Crippen molar-refractivity contribution in [2.24, 2.45) is 5.92 Å². The van der Waals surface area contributed by atoms with E-state index in [4.69, 9.17) is 9.84 Å². The average molecular weight is 541 g/mol. The summed E-state index contributed by atoms with van der Waals surface area (Å²) in [6.45, 7) is 2.40. The summed E-state index contributed by atoms with van der Waals surface area (Å²) in [5, 5.41) is 7.32. The fraction of sp³-hybridized carbons (Fsp3) is 0.600. The molecule has 1 fully saturated rings. The first-order valence-electron chi connectivity index (χ1n) is 12.6. The Morgan fingerprint density at radius 3 is 2.73 bits per heavy atom. The molecule has 12 heteroatoms. The highest BCUT2D eigenvalue weighted by molar-refractivity contribution is 7.90. The van der Waals surface area contributed by atoms with Gasteiger partial charge in [-0.05, 0) is 62.3 Å². The molecule has 1 spiro atoms. The number of carbonyl (C=O) groups is 1. The molecule has 1 aromatic carbocycles. The maximum absolute atomic E-state index is 13.5. The second-order valence-electron chi connectivity index (χ2n) is 10.6. The summed E-state index contributed by atoms with van der Waals surface area (Å²) in [4.78, 5) is 13.5. The van der Waals surface area contributed by atoms with E-state index in [2.05, 4.69) is 10.0 Å². The number of ether oxygens (including phenoxy) is 1. The van der Waals surface area contributed by atoms with Crippen LogP contribution in [-0.2, 0) is 41.5 Å². The second kappa shape index (κ2) is 9.30. The number of sulfonamides is 1. The zero-order valence-corrected chi connectivity index (χ0v) is 21.6. The van der Waals surface area contributed by atoms with Crippen molar-refractivity contribution >= 4 is 15.9 Å². The van der Waals surface area contributed by atoms with E-state index in [9.17, 15) is 26.4 Å². The van der Waals surface area contributed by atoms with E-state index in [-0.39, 0.29) is 18.2 Å². The average Bonchev–Trinajstić information content (AvgIpc) is 3.50. The fourth-order valence-electron chi connectivity index (χ4n) is 5.25. The van der Waals surface area contributed by atoms with E-state index in [0.29, 0.717) is 48.7 Å². The third-order valence-electron chi connectivity index (χ3n) is 7.50. The van der Waals surface area contributed by atoms with Crippen molar-refractivity contribution in [2.75, 3.05) is 6.61 Å². The van der Waals surface area contributed by atoms with Crippen molar-refractivity contribution in [2.45, 2.75) is 82.4 Å². The molecule has 1 saturated carbocycles. The van der Waals surface area contributed by atoms with Crippen LogP contribution in [0.4, 0.5) is 13.2 Å². The SMILES string of the molecule is CC(C)S(=O)(=O)NCc1c2c(nn1CCC1CC1)C[C@]1(CCc3cc(OCC(F)(F)F)ccc31)NC2=O. The van der Waals surface area contributed by atoms with Crippen LogP contribution in [0.1, 0.15) is 72.4 Å². The van der Waals surface area contributed by atoms with Gasteiger partial charge in [-0.3, -0.25) is 9.48 Å². The number of alkyl halides is 3. The quantitative estimate of drug-likeness (QED) is 0.506. The first-order chi connectivity index (χ1) is 17.4. The van der Waals surface area contributed by atoms with Gasteiger partial charge in [0, 0.05) is 13.0 Å². The van der Waals surface area contributed by atoms with E-state index in [1.165, 1.54) is 18.9 Å². The topological polar surface area (TPSA) is 102 Å². The number of benzene rings is 1. The van der Waals surface area contributed by atoms with Crippen molar-refractivity contribution in [1.82, 2.24) is 19.8 Å². The van der Waals surface area contributed by atoms with Crippen molar-refractivity contribution < 1.29 is 31.1 Å². The first-order valence-corrected chi connectivity index (χ1v) is 14.1. The van der Waals surface area contributed by atoms with E-state index in [1.54, 1.807) is 30.7 Å². The predicted molar refractivity (Wildman–Crippen MR) is 130 cm³/mol. The standard InChI is InChI=1S/C25H31F3N4O4S/c1-15(2)37(34,35)29-13-21-22-20(31-32(21)10-8-16-3-4-16)12-24(30-23(22)33)9-7-17-11-18(5-6-19(17)24)36-14-25(26,27)28/h5-6,11,15-16,29H,3-4,7-10,12-14H2,1-2H3,(H,30,33)/t24-/m0/s1. The molecule has 2 aliphatic carbocycles. The van der Waals surface area contributed by atoms with Crippen LogP contribution >= 0.6 is 0 Å². The number of hydrogen-bond donors (Lipinski definition) is 2. The lowest BCUT2D eigenvalue weighted by Crippen LogP contribution is -2.50. The summed E-state index contributed by atoms with van der Waals surface area (Å²) in [5.41, 5.74) is 2.55. The molecular formula is C25H31F3N4O4S. The van der Waals surface area contributed by atoms with Gasteiger partial charge in [-0.2, -0.15) is 18.3 Å². The molecule has 1 amide bonds. The van der Waals surface area contributed by atoms with Gasteiger partial charge in [0.1, 0.15) is 5.75 Å². The first kappa shape index (κ1) is 26.0. The molecule has 0 bridgehead atoms. The number of rotatable bonds is 9. The Hall–Kier alpha value is -2.60. The molecule has 0 radical (unpaired) electrons. The van der Waals surface area contributed by atoms with Crippen LogP contribution in [0, 0.1) is 5.92 Å². The molecule has 37 heavy (non-hydrogen) atoms. The number of aromatic nitrogens is 2. The van der Waals surface area contributed by atoms with Crippen LogP contribution in [0.5, 0.6) is 5.75 Å². The minimum absolute atomic E-state index is 0.0234. The van der Waals surface area contributed by atoms with Gasteiger partial charge in [0.25, 0.3) is 5.91 Å². The number of carbonyl (C=O) groups excluding carboxylic acids is 1. The molecule has 1 aromatic heterocycles. The molecule has 202 valence electrons. The van der Waals surface area contributed by atoms with Crippen molar-refractivity contribution in [1.29, 1.82) is 0 Å². The summed E-state index contributed by atoms with van der Waals surface area (Å²) in [6.07, 6.45) is 0.424. The highest BCUT2D eigenvalue weighted by Crippen LogP contribution is 2.44. The van der Waals surface area contributed by atoms with Crippen LogP contribution in [0.25, 0.3) is 0 Å². The van der Waals surface area contributed by atoms with Crippen LogP contribution < -0.4 is 14.8 Å². The van der Waals surface area contributed by atoms with Crippen molar-refractivity contribution in [3.63, 3.8) is 0 Å². The fourth-order valence-corrected chi connectivity index (χ4v) is 5.93. The minimum Gasteiger partial charge on any atom is -0.484 e. The molecule has 5 rings (SSSR count). The van der Waals surface area contributed by atoms with E-state index in [1.807, 2.05) is 0 Å². The maximum Gasteiger partial charge on any atom is 0.422 e. The maximum atomic E-state index is 13.5. The van der Waals surface area contributed by atoms with Gasteiger partial charge in [-0.25, -0.2) is 13.1 Å². The molecule has 2 heterocycles. The van der Waals surface area contributed by atoms with E-state index >= 15 is 0 Å². The summed E-state index contributed by atoms with van der Waals surface area (Å²) in [6, 6.07) is 4.83. The third-order valence-corrected chi connectivity index (χ3v) is 9.29. The molecule has 0 unspecified atom stereocenters. The van der Waals surface area contributed by atoms with E-state index in [0.717, 1.165) is 17.5 Å². The molecule has 8 nitrogen and oxygen atoms in total. The molecule has 1 aliphatic heterocycles. The molecule has 2 N–H and O–H groups in total. The Bertz CT molecular complexity index is 1320. The number of aryl methyl sites for hydroxylation is 2. The zero-order valence-electron chi connectivity index (χ0n) is 20.8. The Labute approximate surface area is 214 Å². The van der Waals surface area contributed by atoms with Crippen LogP contribution in [0.2, 0.25) is 0 Å². The molecule has 0 saturated heterocycles. The Morgan fingerprint density at radius 1 is 1.30 bits per heavy atom. The molecule has 3 aliphatic rings. The summed E-state index contributed by atoms with van der Waals surface area (Å²) in [7, 11) is -3.54. The monoisotopic (exact) mass is 540 g/mol. The highest BCUT2D eigenvalue weighted by Gasteiger charge is 2.46. The number of nitrogens with zero attached hydrogens (tertiary/aromatic N) is 2. The summed E-state index contributed by atoms with van der Waals surface area (Å²) >= 11 is 0. The number of fused-ring (bicyclic) bond motifs is 3. The van der Waals surface area contributed by atoms with Gasteiger partial charge >= 0.3 is 6.18 Å². The highest BCUT2D eigenvalue weighted by atomic mass is 32.2. The molecule has 1 atom stereocenters. The normalized spacial score (nSPS) is 21.3. The lowest BCUT2D eigenvalue weighted by atomic mass is 9.82. The lowest BCUT2D eigenvalue weighted by molar-refractivity contribution is -0.153. The van der Waals surface area contributed by atoms with Gasteiger partial charge in [0.15, 0.2) is 6.61 Å². The Kier molecular flexibility index (Phi) is 6.54. The van der Waals surface area contributed by atoms with Crippen LogP contribution in [-0.4, -0.2) is 42.1 Å². The smallest absolute Gasteiger partial charge is 0.422 e. The molecular weight excluding hydrogens is 509 g/mol. The number of nitrogens with one attached hydrogen (secondary N) is 2. The Morgan fingerprint density at radius 2 is 2.05 bits per heavy atom.